The molecule has 0 saturated heterocycles. The van der Waals surface area contributed by atoms with Crippen LogP contribution < -0.4 is 4.74 Å². The number of carbonyl (C=O) groups excluding carboxylic acids is 1. The van der Waals surface area contributed by atoms with Crippen molar-refractivity contribution in [3.63, 3.8) is 0 Å². The second-order valence-electron chi connectivity index (χ2n) is 7.63. The molecule has 2 aromatic rings. The number of thioether (sulfide) groups is 1. The smallest absolute Gasteiger partial charge is 0.233 e. The van der Waals surface area contributed by atoms with Crippen LogP contribution in [0.4, 0.5) is 0 Å². The van der Waals surface area contributed by atoms with Crippen molar-refractivity contribution in [1.82, 2.24) is 19.7 Å². The lowest BCUT2D eigenvalue weighted by Gasteiger charge is -2.31. The van der Waals surface area contributed by atoms with Crippen molar-refractivity contribution in [2.75, 3.05) is 19.9 Å². The summed E-state index contributed by atoms with van der Waals surface area (Å²) in [4.78, 5) is 14.7. The van der Waals surface area contributed by atoms with Crippen LogP contribution in [0.2, 0.25) is 0 Å². The molecule has 1 saturated carbocycles. The van der Waals surface area contributed by atoms with E-state index in [9.17, 15) is 4.79 Å². The van der Waals surface area contributed by atoms with E-state index in [4.69, 9.17) is 4.74 Å². The van der Waals surface area contributed by atoms with Gasteiger partial charge in [-0.3, -0.25) is 4.79 Å². The van der Waals surface area contributed by atoms with Gasteiger partial charge in [-0.2, -0.15) is 0 Å². The normalized spacial score (nSPS) is 14.7. The minimum absolute atomic E-state index is 0.179. The van der Waals surface area contributed by atoms with Gasteiger partial charge in [0.05, 0.1) is 12.9 Å². The Kier molecular flexibility index (Phi) is 7.98. The molecule has 0 atom stereocenters. The van der Waals surface area contributed by atoms with Crippen LogP contribution in [0.3, 0.4) is 0 Å². The molecule has 0 radical (unpaired) electrons. The molecule has 1 aromatic heterocycles. The Hall–Kier alpha value is -2.02. The van der Waals surface area contributed by atoms with Crippen LogP contribution in [0.25, 0.3) is 11.4 Å². The number of amides is 1. The predicted octanol–water partition coefficient (Wildman–Crippen LogP) is 4.64. The lowest BCUT2D eigenvalue weighted by molar-refractivity contribution is -0.129. The molecular formula is C22H32N4O2S. The highest BCUT2D eigenvalue weighted by Crippen LogP contribution is 2.27. The quantitative estimate of drug-likeness (QED) is 0.558. The van der Waals surface area contributed by atoms with Crippen molar-refractivity contribution in [3.05, 3.63) is 24.3 Å². The largest absolute Gasteiger partial charge is 0.497 e. The summed E-state index contributed by atoms with van der Waals surface area (Å²) in [5, 5.41) is 9.65. The first-order chi connectivity index (χ1) is 14.1. The second-order valence-corrected chi connectivity index (χ2v) is 8.57. The lowest BCUT2D eigenvalue weighted by Crippen LogP contribution is -2.39. The molecule has 0 N–H and O–H groups in total. The molecule has 0 aliphatic heterocycles. The van der Waals surface area contributed by atoms with Gasteiger partial charge in [0.1, 0.15) is 5.75 Å². The Labute approximate surface area is 178 Å². The minimum Gasteiger partial charge on any atom is -0.497 e. The predicted molar refractivity (Wildman–Crippen MR) is 117 cm³/mol. The van der Waals surface area contributed by atoms with Gasteiger partial charge in [0, 0.05) is 25.2 Å². The molecule has 1 amide bonds. The van der Waals surface area contributed by atoms with Crippen molar-refractivity contribution in [3.8, 4) is 17.1 Å². The third-order valence-electron chi connectivity index (χ3n) is 5.64. The van der Waals surface area contributed by atoms with Gasteiger partial charge in [0.25, 0.3) is 0 Å². The van der Waals surface area contributed by atoms with Crippen LogP contribution in [-0.2, 0) is 11.3 Å². The molecular weight excluding hydrogens is 384 g/mol. The maximum absolute atomic E-state index is 12.7. The number of hydrogen-bond acceptors (Lipinski definition) is 5. The van der Waals surface area contributed by atoms with Crippen LogP contribution in [0.15, 0.2) is 29.4 Å². The summed E-state index contributed by atoms with van der Waals surface area (Å²) in [5.74, 6) is 2.24. The van der Waals surface area contributed by atoms with Gasteiger partial charge in [-0.1, -0.05) is 44.4 Å². The number of nitrogens with zero attached hydrogens (tertiary/aromatic N) is 4. The zero-order valence-electron chi connectivity index (χ0n) is 17.8. The summed E-state index contributed by atoms with van der Waals surface area (Å²) in [5.41, 5.74) is 1.01. The third kappa shape index (κ3) is 5.53. The van der Waals surface area contributed by atoms with Crippen LogP contribution in [0.5, 0.6) is 5.75 Å². The minimum atomic E-state index is 0.179. The molecule has 7 heteroatoms. The van der Waals surface area contributed by atoms with E-state index in [-0.39, 0.29) is 5.91 Å². The highest BCUT2D eigenvalue weighted by atomic mass is 32.2. The summed E-state index contributed by atoms with van der Waals surface area (Å²) < 4.78 is 7.40. The van der Waals surface area contributed by atoms with Crippen LogP contribution >= 0.6 is 11.8 Å². The average molecular weight is 417 g/mol. The number of aromatic nitrogens is 3. The van der Waals surface area contributed by atoms with Gasteiger partial charge in [-0.25, -0.2) is 0 Å². The topological polar surface area (TPSA) is 60.2 Å². The Balaban J connectivity index is 1.70. The van der Waals surface area contributed by atoms with Gasteiger partial charge < -0.3 is 14.2 Å². The molecule has 0 bridgehead atoms. The monoisotopic (exact) mass is 416 g/mol. The fourth-order valence-corrected chi connectivity index (χ4v) is 4.66. The molecule has 29 heavy (non-hydrogen) atoms. The van der Waals surface area contributed by atoms with E-state index in [1.807, 2.05) is 36.2 Å². The van der Waals surface area contributed by atoms with Crippen LogP contribution in [-0.4, -0.2) is 51.5 Å². The van der Waals surface area contributed by atoms with E-state index in [1.54, 1.807) is 7.11 Å². The van der Waals surface area contributed by atoms with Gasteiger partial charge in [-0.15, -0.1) is 10.2 Å². The van der Waals surface area contributed by atoms with E-state index < -0.39 is 0 Å². The maximum Gasteiger partial charge on any atom is 0.233 e. The summed E-state index contributed by atoms with van der Waals surface area (Å²) in [6.45, 7) is 3.02. The molecule has 1 aliphatic carbocycles. The Bertz CT molecular complexity index is 785. The summed E-state index contributed by atoms with van der Waals surface area (Å²) >= 11 is 1.49. The van der Waals surface area contributed by atoms with Gasteiger partial charge in [0.2, 0.25) is 5.91 Å². The van der Waals surface area contributed by atoms with Crippen molar-refractivity contribution < 1.29 is 9.53 Å². The van der Waals surface area contributed by atoms with E-state index in [2.05, 4.69) is 21.7 Å². The number of benzene rings is 1. The van der Waals surface area contributed by atoms with Crippen molar-refractivity contribution in [2.45, 2.75) is 69.6 Å². The second kappa shape index (κ2) is 10.7. The summed E-state index contributed by atoms with van der Waals surface area (Å²) in [6.07, 6.45) is 8.14. The molecule has 158 valence electrons. The fourth-order valence-electron chi connectivity index (χ4n) is 3.77. The van der Waals surface area contributed by atoms with Gasteiger partial charge in [-0.05, 0) is 43.5 Å². The molecule has 0 spiro atoms. The zero-order valence-corrected chi connectivity index (χ0v) is 18.6. The van der Waals surface area contributed by atoms with E-state index in [1.165, 1.54) is 31.0 Å². The number of rotatable bonds is 9. The number of unbranched alkanes of at least 4 members (excludes halogenated alkanes) is 1. The average Bonchev–Trinajstić information content (AvgIpc) is 3.18. The Morgan fingerprint density at radius 1 is 1.21 bits per heavy atom. The fraction of sp³-hybridized carbons (Fsp3) is 0.591. The van der Waals surface area contributed by atoms with Crippen molar-refractivity contribution >= 4 is 17.7 Å². The highest BCUT2D eigenvalue weighted by Gasteiger charge is 2.23. The van der Waals surface area contributed by atoms with E-state index in [0.717, 1.165) is 54.5 Å². The van der Waals surface area contributed by atoms with Crippen LogP contribution in [0.1, 0.15) is 51.9 Å². The molecule has 1 aliphatic rings. The third-order valence-corrected chi connectivity index (χ3v) is 6.59. The first-order valence-corrected chi connectivity index (χ1v) is 11.6. The van der Waals surface area contributed by atoms with Gasteiger partial charge >= 0.3 is 0 Å². The molecule has 1 heterocycles. The number of hydrogen-bond donors (Lipinski definition) is 0. The molecule has 1 fully saturated rings. The number of methoxy groups -OCH3 is 1. The van der Waals surface area contributed by atoms with E-state index >= 15 is 0 Å². The maximum atomic E-state index is 12.7. The molecule has 1 aromatic carbocycles. The molecule has 6 nitrogen and oxygen atoms in total. The Morgan fingerprint density at radius 3 is 2.59 bits per heavy atom. The summed E-state index contributed by atoms with van der Waals surface area (Å²) in [7, 11) is 3.61. The first-order valence-electron chi connectivity index (χ1n) is 10.6. The Morgan fingerprint density at radius 2 is 1.93 bits per heavy atom. The number of carbonyl (C=O) groups is 1. The van der Waals surface area contributed by atoms with Crippen LogP contribution in [0, 0.1) is 0 Å². The van der Waals surface area contributed by atoms with E-state index in [0.29, 0.717) is 11.8 Å². The van der Waals surface area contributed by atoms with Crippen molar-refractivity contribution in [1.29, 1.82) is 0 Å². The lowest BCUT2D eigenvalue weighted by atomic mass is 9.94. The highest BCUT2D eigenvalue weighted by molar-refractivity contribution is 7.99. The first kappa shape index (κ1) is 21.7. The zero-order chi connectivity index (χ0) is 20.6. The molecule has 3 rings (SSSR count). The SMILES string of the molecule is CCCCn1c(SCC(=O)N(C)C2CCCCC2)nnc1-c1ccc(OC)cc1. The van der Waals surface area contributed by atoms with Gasteiger partial charge in [0.15, 0.2) is 11.0 Å². The molecule has 0 unspecified atom stereocenters. The number of ether oxygens (including phenoxy) is 1. The standard InChI is InChI=1S/C22H32N4O2S/c1-4-5-15-26-21(17-11-13-19(28-3)14-12-17)23-24-22(26)29-16-20(27)25(2)18-9-7-6-8-10-18/h11-14,18H,4-10,15-16H2,1-3H3. The van der Waals surface area contributed by atoms with Crippen molar-refractivity contribution in [2.24, 2.45) is 0 Å². The summed E-state index contributed by atoms with van der Waals surface area (Å²) in [6, 6.07) is 8.27.